The summed E-state index contributed by atoms with van der Waals surface area (Å²) < 4.78 is 18.2. The van der Waals surface area contributed by atoms with Crippen LogP contribution in [0.5, 0.6) is 5.75 Å². The van der Waals surface area contributed by atoms with Gasteiger partial charge >= 0.3 is 29.6 Å². The molecule has 0 amide bonds. The number of alkyl halides is 1. The molecule has 3 aromatic rings. The Morgan fingerprint density at radius 1 is 1.21 bits per heavy atom. The van der Waals surface area contributed by atoms with Gasteiger partial charge in [0.15, 0.2) is 0 Å². The summed E-state index contributed by atoms with van der Waals surface area (Å²) in [5.41, 5.74) is 11.0. The molecule has 0 radical (unpaired) electrons. The number of carbonyl (C=O) groups excluding carboxylic acids is 1. The van der Waals surface area contributed by atoms with Crippen molar-refractivity contribution in [1.29, 1.82) is 0 Å². The van der Waals surface area contributed by atoms with E-state index in [0.29, 0.717) is 6.54 Å². The van der Waals surface area contributed by atoms with Crippen LogP contribution in [0.1, 0.15) is 16.8 Å². The quantitative estimate of drug-likeness (QED) is 0.542. The first kappa shape index (κ1) is 27.4. The molecule has 0 bridgehead atoms. The first-order chi connectivity index (χ1) is 13.0. The second kappa shape index (κ2) is 13.6. The molecule has 3 rings (SSSR count). The number of rotatable bonds is 6. The van der Waals surface area contributed by atoms with Crippen LogP contribution in [0.15, 0.2) is 48.5 Å². The predicted octanol–water partition coefficient (Wildman–Crippen LogP) is -0.361. The van der Waals surface area contributed by atoms with Crippen LogP contribution >= 0.6 is 12.4 Å². The zero-order valence-electron chi connectivity index (χ0n) is 17.0. The van der Waals surface area contributed by atoms with E-state index in [4.69, 9.17) is 20.4 Å². The normalized spacial score (nSPS) is 9.66. The van der Waals surface area contributed by atoms with Crippen LogP contribution in [0, 0.1) is 6.92 Å². The Bertz CT molecular complexity index is 904. The molecule has 0 unspecified atom stereocenters. The molecule has 5 nitrogen and oxygen atoms in total. The second-order valence-corrected chi connectivity index (χ2v) is 6.06. The van der Waals surface area contributed by atoms with Gasteiger partial charge in [0.25, 0.3) is 0 Å². The van der Waals surface area contributed by atoms with Gasteiger partial charge in [-0.15, -0.1) is 12.4 Å². The van der Waals surface area contributed by atoms with Crippen LogP contribution in [-0.4, -0.2) is 30.9 Å². The van der Waals surface area contributed by atoms with Crippen molar-refractivity contribution in [1.82, 2.24) is 4.57 Å². The van der Waals surface area contributed by atoms with E-state index in [1.807, 2.05) is 6.07 Å². The molecule has 2 N–H and O–H groups in total. The van der Waals surface area contributed by atoms with E-state index in [0.717, 1.165) is 18.7 Å². The van der Waals surface area contributed by atoms with E-state index in [-0.39, 0.29) is 42.0 Å². The van der Waals surface area contributed by atoms with Gasteiger partial charge in [0, 0.05) is 23.1 Å². The van der Waals surface area contributed by atoms with Crippen molar-refractivity contribution >= 4 is 29.3 Å². The minimum absolute atomic E-state index is 0. The van der Waals surface area contributed by atoms with Gasteiger partial charge < -0.3 is 24.9 Å². The Morgan fingerprint density at radius 2 is 1.83 bits per heavy atom. The van der Waals surface area contributed by atoms with Gasteiger partial charge in [-0.05, 0) is 49.2 Å². The fourth-order valence-electron chi connectivity index (χ4n) is 3.09. The third-order valence-electron chi connectivity index (χ3n) is 4.35. The van der Waals surface area contributed by atoms with Crippen LogP contribution in [0.25, 0.3) is 10.9 Å². The molecule has 0 aliphatic carbocycles. The van der Waals surface area contributed by atoms with Crippen LogP contribution in [0.4, 0.5) is 4.39 Å². The number of halogens is 2. The first-order valence-electron chi connectivity index (χ1n) is 8.67. The number of aromatic nitrogens is 1. The van der Waals surface area contributed by atoms with E-state index in [2.05, 4.69) is 54.0 Å². The summed E-state index contributed by atoms with van der Waals surface area (Å²) in [5.74, 6) is -0.771. The molecule has 152 valence electrons. The molecule has 2 aromatic carbocycles. The summed E-state index contributed by atoms with van der Waals surface area (Å²) in [6.45, 7) is 2.32. The topological polar surface area (TPSA) is 80.3 Å². The van der Waals surface area contributed by atoms with Crippen molar-refractivity contribution in [2.75, 3.05) is 20.3 Å². The number of carboxylic acids is 1. The molecule has 1 aromatic heterocycles. The number of fused-ring (bicyclic) bond motifs is 1. The minimum Gasteiger partial charge on any atom is -0.547 e. The van der Waals surface area contributed by atoms with Crippen molar-refractivity contribution in [3.63, 3.8) is 0 Å². The zero-order chi connectivity index (χ0) is 19.8. The van der Waals surface area contributed by atoms with Crippen molar-refractivity contribution in [3.8, 4) is 5.75 Å². The molecule has 1 heterocycles. The van der Waals surface area contributed by atoms with Crippen LogP contribution < -0.4 is 45.1 Å². The van der Waals surface area contributed by atoms with Crippen molar-refractivity contribution in [2.45, 2.75) is 19.9 Å². The molecule has 0 aliphatic heterocycles. The van der Waals surface area contributed by atoms with Gasteiger partial charge in [-0.2, -0.15) is 0 Å². The van der Waals surface area contributed by atoms with Crippen LogP contribution in [0.2, 0.25) is 0 Å². The molecule has 0 saturated heterocycles. The molecule has 0 fully saturated rings. The number of nitrogens with zero attached hydrogens (tertiary/aromatic N) is 1. The summed E-state index contributed by atoms with van der Waals surface area (Å²) in [6, 6.07) is 16.8. The van der Waals surface area contributed by atoms with Gasteiger partial charge in [-0.1, -0.05) is 30.3 Å². The molecule has 0 saturated carbocycles. The average Bonchev–Trinajstić information content (AvgIpc) is 2.94. The van der Waals surface area contributed by atoms with Gasteiger partial charge in [0.2, 0.25) is 0 Å². The third kappa shape index (κ3) is 7.32. The number of carboxylic acid groups (broad SMARTS) is 1. The Balaban J connectivity index is 0.00000101. The van der Waals surface area contributed by atoms with Gasteiger partial charge in [0.05, 0.1) is 13.1 Å². The molecular weight excluding hydrogens is 406 g/mol. The maximum atomic E-state index is 10.5. The monoisotopic (exact) mass is 430 g/mol. The fraction of sp³-hybridized carbons (Fsp3) is 0.286. The molecule has 8 heteroatoms. The smallest absolute Gasteiger partial charge is 0.547 e. The molecule has 0 spiro atoms. The SMILES string of the molecule is COc1ccc2c(c1)c(CCN)c(C)n2Cc1ccccc1.Cl.O=C([O-])CF.[Na+]. The largest absolute Gasteiger partial charge is 1.00 e. The van der Waals surface area contributed by atoms with Crippen LogP contribution in [-0.2, 0) is 17.8 Å². The zero-order valence-corrected chi connectivity index (χ0v) is 19.8. The number of carbonyl (C=O) groups is 1. The van der Waals surface area contributed by atoms with E-state index in [1.54, 1.807) is 7.11 Å². The summed E-state index contributed by atoms with van der Waals surface area (Å²) >= 11 is 0. The minimum atomic E-state index is -1.66. The van der Waals surface area contributed by atoms with E-state index >= 15 is 0 Å². The molecule has 0 aliphatic rings. The molecule has 0 atom stereocenters. The van der Waals surface area contributed by atoms with Crippen molar-refractivity contribution in [2.24, 2.45) is 5.73 Å². The maximum Gasteiger partial charge on any atom is 1.00 e. The van der Waals surface area contributed by atoms with Crippen molar-refractivity contribution in [3.05, 3.63) is 65.4 Å². The summed E-state index contributed by atoms with van der Waals surface area (Å²) in [4.78, 5) is 8.88. The van der Waals surface area contributed by atoms with Crippen LogP contribution in [0.3, 0.4) is 0 Å². The number of benzene rings is 2. The number of aliphatic carboxylic acids is 1. The Labute approximate surface area is 198 Å². The number of nitrogens with two attached hydrogens (primary N) is 1. The molecular formula is C21H25ClFN2NaO3. The summed E-state index contributed by atoms with van der Waals surface area (Å²) in [6.07, 6.45) is 0.886. The summed E-state index contributed by atoms with van der Waals surface area (Å²) in [7, 11) is 1.71. The fourth-order valence-corrected chi connectivity index (χ4v) is 3.09. The van der Waals surface area contributed by atoms with E-state index < -0.39 is 12.6 Å². The van der Waals surface area contributed by atoms with Gasteiger partial charge in [-0.3, -0.25) is 0 Å². The van der Waals surface area contributed by atoms with E-state index in [9.17, 15) is 4.39 Å². The van der Waals surface area contributed by atoms with E-state index in [1.165, 1.54) is 27.7 Å². The maximum absolute atomic E-state index is 10.5. The third-order valence-corrected chi connectivity index (χ3v) is 4.35. The molecule has 29 heavy (non-hydrogen) atoms. The Morgan fingerprint density at radius 3 is 2.34 bits per heavy atom. The number of hydrogen-bond acceptors (Lipinski definition) is 4. The van der Waals surface area contributed by atoms with Gasteiger partial charge in [0.1, 0.15) is 12.4 Å². The number of hydrogen-bond donors (Lipinski definition) is 1. The predicted molar refractivity (Wildman–Crippen MR) is 110 cm³/mol. The van der Waals surface area contributed by atoms with Gasteiger partial charge in [-0.25, -0.2) is 4.39 Å². The Kier molecular flexibility index (Phi) is 12.9. The number of ether oxygens (including phenoxy) is 1. The standard InChI is InChI=1S/C19H22N2O.C2H3FO2.ClH.Na/c1-14-17(10-11-20)18-12-16(22-2)8-9-19(18)21(14)13-15-6-4-3-5-7-15;3-1-2(4)5;;/h3-9,12H,10-11,13,20H2,1-2H3;1H2,(H,4,5);1H;/q;;;+1/p-1. The number of methoxy groups -OCH3 is 1. The summed E-state index contributed by atoms with van der Waals surface area (Å²) in [5, 5.41) is 10.1. The Hall–Kier alpha value is -1.57. The first-order valence-corrected chi connectivity index (χ1v) is 8.67. The second-order valence-electron chi connectivity index (χ2n) is 6.06. The average molecular weight is 431 g/mol. The van der Waals surface area contributed by atoms with Crippen molar-refractivity contribution < 1.29 is 48.6 Å².